The summed E-state index contributed by atoms with van der Waals surface area (Å²) < 4.78 is 44.8. The molecule has 0 aromatic heterocycles. The predicted molar refractivity (Wildman–Crippen MR) is 51.5 cm³/mol. The second kappa shape index (κ2) is 11.7. The normalized spacial score (nSPS) is 8.32. The molecule has 9 heteroatoms. The monoisotopic (exact) mass is 329 g/mol. The van der Waals surface area contributed by atoms with Crippen LogP contribution in [-0.4, -0.2) is 23.1 Å². The van der Waals surface area contributed by atoms with E-state index in [1.54, 1.807) is 0 Å². The number of carbonyl (C=O) groups is 4. The smallest absolute Gasteiger partial charge is 0.392 e. The molecule has 0 N–H and O–H groups in total. The largest absolute Gasteiger partial charge is 2.00 e. The Balaban J connectivity index is -0.000000256. The molecule has 0 spiro atoms. The van der Waals surface area contributed by atoms with Crippen LogP contribution in [0.1, 0.15) is 26.7 Å². The van der Waals surface area contributed by atoms with Gasteiger partial charge in [-0.25, -0.2) is 0 Å². The van der Waals surface area contributed by atoms with Crippen LogP contribution < -0.4 is 0 Å². The molecule has 0 aliphatic heterocycles. The van der Waals surface area contributed by atoms with E-state index in [1.807, 2.05) is 0 Å². The van der Waals surface area contributed by atoms with Crippen LogP contribution in [0.5, 0.6) is 0 Å². The van der Waals surface area contributed by atoms with E-state index in [4.69, 9.17) is 0 Å². The molecule has 4 nitrogen and oxygen atoms in total. The van der Waals surface area contributed by atoms with Gasteiger partial charge >= 0.3 is 16.8 Å². The van der Waals surface area contributed by atoms with Gasteiger partial charge in [-0.15, -0.1) is 0 Å². The van der Waals surface area contributed by atoms with E-state index in [9.17, 15) is 36.7 Å². The maximum atomic E-state index is 11.2. The van der Waals surface area contributed by atoms with Crippen molar-refractivity contribution in [2.45, 2.75) is 26.7 Å². The molecule has 0 fully saturated rings. The molecule has 19 heavy (non-hydrogen) atoms. The Bertz CT molecular complexity index is 299. The van der Waals surface area contributed by atoms with Gasteiger partial charge in [0.05, 0.1) is 11.6 Å². The second-order valence-electron chi connectivity index (χ2n) is 3.12. The van der Waals surface area contributed by atoms with Crippen molar-refractivity contribution in [3.05, 3.63) is 12.9 Å². The van der Waals surface area contributed by atoms with Crippen molar-refractivity contribution in [1.29, 1.82) is 0 Å². The Labute approximate surface area is 117 Å². The maximum absolute atomic E-state index is 11.2. The van der Waals surface area contributed by atoms with Gasteiger partial charge in [0.15, 0.2) is 0 Å². The third kappa shape index (κ3) is 16.6. The first-order valence-electron chi connectivity index (χ1n) is 4.49. The van der Waals surface area contributed by atoms with Crippen molar-refractivity contribution in [2.24, 2.45) is 0 Å². The predicted octanol–water partition coefficient (Wildman–Crippen LogP) is 1.92. The third-order valence-electron chi connectivity index (χ3n) is 1.24. The average molecular weight is 329 g/mol. The standard InChI is InChI=1S/2C5H5F2O2.Co/c2*1-3(8)2-4(9)5(6)7;/h2*2H2,1H3;/q2*-1;+2. The zero-order valence-corrected chi connectivity index (χ0v) is 10.9. The Hall–Kier alpha value is -1.35. The number of Topliss-reactive ketones (excluding diaryl/α,β-unsaturated/α-hetero) is 4. The average Bonchev–Trinajstić information content (AvgIpc) is 2.16. The van der Waals surface area contributed by atoms with Gasteiger partial charge in [-0.3, -0.25) is 9.59 Å². The summed E-state index contributed by atoms with van der Waals surface area (Å²) in [6, 6.07) is 0. The summed E-state index contributed by atoms with van der Waals surface area (Å²) in [5.74, 6) is -3.87. The number of hydrogen-bond acceptors (Lipinski definition) is 4. The summed E-state index contributed by atoms with van der Waals surface area (Å²) >= 11 is 0. The van der Waals surface area contributed by atoms with E-state index >= 15 is 0 Å². The molecular formula is C10H10CoF4O4. The van der Waals surface area contributed by atoms with Crippen molar-refractivity contribution in [3.63, 3.8) is 0 Å². The van der Waals surface area contributed by atoms with Crippen LogP contribution in [0, 0.1) is 12.9 Å². The molecule has 0 rings (SSSR count). The Kier molecular flexibility index (Phi) is 14.1. The van der Waals surface area contributed by atoms with E-state index in [1.165, 1.54) is 0 Å². The summed E-state index contributed by atoms with van der Waals surface area (Å²) in [5.41, 5.74) is 0. The molecule has 0 saturated heterocycles. The molecule has 0 heterocycles. The van der Waals surface area contributed by atoms with E-state index in [2.05, 4.69) is 0 Å². The summed E-state index contributed by atoms with van der Waals surface area (Å²) in [6.07, 6.45) is -5.99. The van der Waals surface area contributed by atoms with Gasteiger partial charge < -0.3 is 27.2 Å². The fourth-order valence-electron chi connectivity index (χ4n) is 0.586. The molecule has 0 aromatic carbocycles. The molecule has 1 radical (unpaired) electrons. The van der Waals surface area contributed by atoms with E-state index in [0.29, 0.717) is 0 Å². The van der Waals surface area contributed by atoms with E-state index < -0.39 is 48.8 Å². The van der Waals surface area contributed by atoms with Gasteiger partial charge in [0.25, 0.3) is 0 Å². The third-order valence-corrected chi connectivity index (χ3v) is 1.24. The topological polar surface area (TPSA) is 68.3 Å². The van der Waals surface area contributed by atoms with Crippen LogP contribution in [0.3, 0.4) is 0 Å². The first-order valence-corrected chi connectivity index (χ1v) is 4.49. The summed E-state index contributed by atoms with van der Waals surface area (Å²) in [4.78, 5) is 39.9. The Morgan fingerprint density at radius 1 is 0.737 bits per heavy atom. The Morgan fingerprint density at radius 2 is 0.947 bits per heavy atom. The second-order valence-corrected chi connectivity index (χ2v) is 3.12. The van der Waals surface area contributed by atoms with E-state index in [0.717, 1.165) is 13.8 Å². The summed E-state index contributed by atoms with van der Waals surface area (Å²) in [6.45, 7) is 2.17. The number of hydrogen-bond donors (Lipinski definition) is 0. The molecule has 0 aromatic rings. The van der Waals surface area contributed by atoms with Gasteiger partial charge in [-0.2, -0.15) is 0 Å². The van der Waals surface area contributed by atoms with Gasteiger partial charge in [0, 0.05) is 25.7 Å². The van der Waals surface area contributed by atoms with Gasteiger partial charge in [-0.1, -0.05) is 0 Å². The number of rotatable bonds is 6. The SMILES string of the molecule is CC(=O)CC(=O)[C-](F)F.CC(=O)CC(=O)[C-](F)F.[Co+2]. The van der Waals surface area contributed by atoms with Crippen LogP contribution in [0.4, 0.5) is 17.6 Å². The minimum atomic E-state index is -2.30. The van der Waals surface area contributed by atoms with Crippen LogP contribution in [-0.2, 0) is 36.0 Å². The minimum Gasteiger partial charge on any atom is -0.392 e. The maximum Gasteiger partial charge on any atom is 2.00 e. The fourth-order valence-corrected chi connectivity index (χ4v) is 0.586. The van der Waals surface area contributed by atoms with Gasteiger partial charge in [0.1, 0.15) is 11.6 Å². The summed E-state index contributed by atoms with van der Waals surface area (Å²) in [7, 11) is 0. The van der Waals surface area contributed by atoms with Crippen LogP contribution in [0.2, 0.25) is 0 Å². The molecule has 0 bridgehead atoms. The zero-order chi connectivity index (χ0) is 14.9. The summed E-state index contributed by atoms with van der Waals surface area (Å²) in [5, 5.41) is 0. The molecule has 0 aliphatic carbocycles. The fraction of sp³-hybridized carbons (Fsp3) is 0.400. The molecule has 0 saturated carbocycles. The van der Waals surface area contributed by atoms with E-state index in [-0.39, 0.29) is 16.8 Å². The van der Waals surface area contributed by atoms with Crippen molar-refractivity contribution in [2.75, 3.05) is 0 Å². The molecule has 0 amide bonds. The first kappa shape index (κ1) is 22.8. The molecular weight excluding hydrogens is 319 g/mol. The van der Waals surface area contributed by atoms with Gasteiger partial charge in [-0.05, 0) is 13.8 Å². The van der Waals surface area contributed by atoms with Crippen molar-refractivity contribution in [1.82, 2.24) is 0 Å². The Morgan fingerprint density at radius 3 is 1.00 bits per heavy atom. The minimum absolute atomic E-state index is 0. The molecule has 0 aliphatic rings. The number of carbonyl (C=O) groups excluding carboxylic acids is 4. The van der Waals surface area contributed by atoms with Crippen molar-refractivity contribution < 1.29 is 53.5 Å². The van der Waals surface area contributed by atoms with Crippen LogP contribution in [0.25, 0.3) is 0 Å². The molecule has 111 valence electrons. The first-order chi connectivity index (χ1) is 8.07. The number of halogens is 4. The quantitative estimate of drug-likeness (QED) is 0.424. The number of ketones is 4. The van der Waals surface area contributed by atoms with Crippen LogP contribution in [0.15, 0.2) is 0 Å². The van der Waals surface area contributed by atoms with Crippen LogP contribution >= 0.6 is 0 Å². The molecule has 0 unspecified atom stereocenters. The van der Waals surface area contributed by atoms with Crippen molar-refractivity contribution >= 4 is 23.1 Å². The van der Waals surface area contributed by atoms with Gasteiger partial charge in [0.2, 0.25) is 0 Å². The molecule has 0 atom stereocenters. The van der Waals surface area contributed by atoms with Crippen molar-refractivity contribution in [3.8, 4) is 0 Å². The zero-order valence-electron chi connectivity index (χ0n) is 9.89.